The number of nitrogens with zero attached hydrogens (tertiary/aromatic N) is 2. The molecule has 0 radical (unpaired) electrons. The Hall–Kier alpha value is -2.44. The minimum atomic E-state index is -0.990. The van der Waals surface area contributed by atoms with Gasteiger partial charge in [0.15, 0.2) is 0 Å². The van der Waals surface area contributed by atoms with Crippen LogP contribution in [-0.4, -0.2) is 39.9 Å². The maximum atomic E-state index is 12.4. The van der Waals surface area contributed by atoms with Crippen LogP contribution >= 0.6 is 0 Å². The van der Waals surface area contributed by atoms with Crippen molar-refractivity contribution < 1.29 is 19.6 Å². The molecule has 0 saturated carbocycles. The van der Waals surface area contributed by atoms with Gasteiger partial charge in [0, 0.05) is 30.8 Å². The third-order valence-electron chi connectivity index (χ3n) is 2.77. The van der Waals surface area contributed by atoms with Crippen molar-refractivity contribution in [2.75, 3.05) is 13.1 Å². The highest BCUT2D eigenvalue weighted by Gasteiger charge is 2.19. The molecule has 0 aliphatic carbocycles. The van der Waals surface area contributed by atoms with Crippen LogP contribution in [0.15, 0.2) is 24.3 Å². The summed E-state index contributed by atoms with van der Waals surface area (Å²) in [6.07, 6.45) is -0.159. The summed E-state index contributed by atoms with van der Waals surface area (Å²) >= 11 is 0. The Morgan fingerprint density at radius 2 is 2.05 bits per heavy atom. The fourth-order valence-corrected chi connectivity index (χ4v) is 1.88. The number of carboxylic acid groups (broad SMARTS) is 1. The minimum absolute atomic E-state index is 0.0784. The third-order valence-corrected chi connectivity index (χ3v) is 2.77. The first-order valence-corrected chi connectivity index (χ1v) is 6.56. The van der Waals surface area contributed by atoms with Gasteiger partial charge in [-0.25, -0.2) is 0 Å². The van der Waals surface area contributed by atoms with Crippen molar-refractivity contribution >= 4 is 17.6 Å². The lowest BCUT2D eigenvalue weighted by molar-refractivity contribution is -0.384. The lowest BCUT2D eigenvalue weighted by Gasteiger charge is -2.24. The van der Waals surface area contributed by atoms with Crippen molar-refractivity contribution in [2.24, 2.45) is 5.92 Å². The second-order valence-electron chi connectivity index (χ2n) is 5.10. The standard InChI is InChI=1S/C14H18N2O5/c1-10(2)9-15(7-6-13(17)18)14(19)11-4-3-5-12(8-11)16(20)21/h3-5,8,10H,6-7,9H2,1-2H3,(H,17,18). The zero-order valence-electron chi connectivity index (χ0n) is 12.0. The van der Waals surface area contributed by atoms with Crippen LogP contribution in [0.4, 0.5) is 5.69 Å². The van der Waals surface area contributed by atoms with E-state index in [-0.39, 0.29) is 30.1 Å². The molecular weight excluding hydrogens is 276 g/mol. The number of amides is 1. The number of hydrogen-bond acceptors (Lipinski definition) is 4. The average molecular weight is 294 g/mol. The van der Waals surface area contributed by atoms with Crippen molar-refractivity contribution in [1.29, 1.82) is 0 Å². The van der Waals surface area contributed by atoms with E-state index in [4.69, 9.17) is 5.11 Å². The zero-order chi connectivity index (χ0) is 16.0. The van der Waals surface area contributed by atoms with E-state index in [0.717, 1.165) is 0 Å². The van der Waals surface area contributed by atoms with Crippen LogP contribution in [0.5, 0.6) is 0 Å². The number of non-ortho nitro benzene ring substituents is 1. The molecule has 0 bridgehead atoms. The van der Waals surface area contributed by atoms with Crippen molar-refractivity contribution in [3.8, 4) is 0 Å². The Balaban J connectivity index is 2.95. The Bertz CT molecular complexity index is 542. The molecule has 1 N–H and O–H groups in total. The molecule has 114 valence electrons. The van der Waals surface area contributed by atoms with E-state index in [0.29, 0.717) is 6.54 Å². The van der Waals surface area contributed by atoms with Gasteiger partial charge >= 0.3 is 5.97 Å². The largest absolute Gasteiger partial charge is 0.481 e. The van der Waals surface area contributed by atoms with Gasteiger partial charge in [-0.05, 0) is 12.0 Å². The van der Waals surface area contributed by atoms with Crippen LogP contribution in [-0.2, 0) is 4.79 Å². The molecule has 0 aliphatic rings. The van der Waals surface area contributed by atoms with Crippen molar-refractivity contribution in [3.05, 3.63) is 39.9 Å². The predicted molar refractivity (Wildman–Crippen MR) is 76.1 cm³/mol. The van der Waals surface area contributed by atoms with Gasteiger partial charge in [0.25, 0.3) is 11.6 Å². The van der Waals surface area contributed by atoms with E-state index in [1.165, 1.54) is 29.2 Å². The van der Waals surface area contributed by atoms with Gasteiger partial charge in [0.05, 0.1) is 11.3 Å². The molecule has 1 aromatic rings. The van der Waals surface area contributed by atoms with E-state index in [1.54, 1.807) is 0 Å². The Kier molecular flexibility index (Phi) is 5.83. The number of rotatable bonds is 7. The maximum Gasteiger partial charge on any atom is 0.305 e. The van der Waals surface area contributed by atoms with Crippen LogP contribution in [0.2, 0.25) is 0 Å². The quantitative estimate of drug-likeness (QED) is 0.613. The average Bonchev–Trinajstić information content (AvgIpc) is 2.42. The van der Waals surface area contributed by atoms with Gasteiger partial charge in [-0.3, -0.25) is 19.7 Å². The molecule has 0 fully saturated rings. The van der Waals surface area contributed by atoms with Crippen molar-refractivity contribution in [1.82, 2.24) is 4.90 Å². The van der Waals surface area contributed by atoms with E-state index in [2.05, 4.69) is 0 Å². The predicted octanol–water partition coefficient (Wildman–Crippen LogP) is 2.17. The first-order chi connectivity index (χ1) is 9.81. The summed E-state index contributed by atoms with van der Waals surface area (Å²) in [7, 11) is 0. The number of hydrogen-bond donors (Lipinski definition) is 1. The van der Waals surface area contributed by atoms with Crippen LogP contribution in [0.25, 0.3) is 0 Å². The first-order valence-electron chi connectivity index (χ1n) is 6.56. The maximum absolute atomic E-state index is 12.4. The van der Waals surface area contributed by atoms with Crippen molar-refractivity contribution in [3.63, 3.8) is 0 Å². The van der Waals surface area contributed by atoms with Crippen molar-refractivity contribution in [2.45, 2.75) is 20.3 Å². The highest BCUT2D eigenvalue weighted by molar-refractivity contribution is 5.95. The zero-order valence-corrected chi connectivity index (χ0v) is 12.0. The summed E-state index contributed by atoms with van der Waals surface area (Å²) in [6, 6.07) is 5.44. The van der Waals surface area contributed by atoms with Crippen LogP contribution in [0.1, 0.15) is 30.6 Å². The van der Waals surface area contributed by atoms with Gasteiger partial charge in [-0.2, -0.15) is 0 Å². The Morgan fingerprint density at radius 3 is 2.57 bits per heavy atom. The Morgan fingerprint density at radius 1 is 1.38 bits per heavy atom. The second kappa shape index (κ2) is 7.37. The number of benzene rings is 1. The van der Waals surface area contributed by atoms with Crippen LogP contribution in [0, 0.1) is 16.0 Å². The number of aliphatic carboxylic acids is 1. The molecule has 21 heavy (non-hydrogen) atoms. The summed E-state index contributed by atoms with van der Waals surface area (Å²) in [6.45, 7) is 4.30. The molecule has 0 spiro atoms. The fraction of sp³-hybridized carbons (Fsp3) is 0.429. The number of nitro groups is 1. The fourth-order valence-electron chi connectivity index (χ4n) is 1.88. The third kappa shape index (κ3) is 5.21. The highest BCUT2D eigenvalue weighted by atomic mass is 16.6. The molecule has 1 amide bonds. The van der Waals surface area contributed by atoms with Gasteiger partial charge in [0.1, 0.15) is 0 Å². The molecule has 0 unspecified atom stereocenters. The van der Waals surface area contributed by atoms with Crippen LogP contribution < -0.4 is 0 Å². The summed E-state index contributed by atoms with van der Waals surface area (Å²) in [4.78, 5) is 34.6. The SMILES string of the molecule is CC(C)CN(CCC(=O)O)C(=O)c1cccc([N+](=O)[O-])c1. The van der Waals surface area contributed by atoms with E-state index >= 15 is 0 Å². The molecule has 7 nitrogen and oxygen atoms in total. The highest BCUT2D eigenvalue weighted by Crippen LogP contribution is 2.15. The normalized spacial score (nSPS) is 10.4. The first kappa shape index (κ1) is 16.6. The number of carbonyl (C=O) groups is 2. The molecular formula is C14H18N2O5. The number of nitro benzene ring substituents is 1. The summed E-state index contributed by atoms with van der Waals surface area (Å²) < 4.78 is 0. The molecule has 0 atom stereocenters. The summed E-state index contributed by atoms with van der Waals surface area (Å²) in [5.41, 5.74) is 0.0267. The lowest BCUT2D eigenvalue weighted by atomic mass is 10.1. The number of carboxylic acids is 1. The minimum Gasteiger partial charge on any atom is -0.481 e. The second-order valence-corrected chi connectivity index (χ2v) is 5.10. The van der Waals surface area contributed by atoms with E-state index in [9.17, 15) is 19.7 Å². The Labute approximate surface area is 122 Å². The monoisotopic (exact) mass is 294 g/mol. The van der Waals surface area contributed by atoms with E-state index in [1.807, 2.05) is 13.8 Å². The van der Waals surface area contributed by atoms with Gasteiger partial charge in [0.2, 0.25) is 0 Å². The lowest BCUT2D eigenvalue weighted by Crippen LogP contribution is -2.36. The van der Waals surface area contributed by atoms with E-state index < -0.39 is 16.8 Å². The molecule has 0 saturated heterocycles. The summed E-state index contributed by atoms with van der Waals surface area (Å²) in [5.74, 6) is -1.22. The molecule has 1 aromatic carbocycles. The topological polar surface area (TPSA) is 101 Å². The summed E-state index contributed by atoms with van der Waals surface area (Å²) in [5, 5.41) is 19.5. The van der Waals surface area contributed by atoms with Gasteiger partial charge in [-0.1, -0.05) is 19.9 Å². The molecule has 1 rings (SSSR count). The van der Waals surface area contributed by atoms with Gasteiger partial charge < -0.3 is 10.0 Å². The smallest absolute Gasteiger partial charge is 0.305 e. The molecule has 7 heteroatoms. The molecule has 0 heterocycles. The van der Waals surface area contributed by atoms with Crippen LogP contribution in [0.3, 0.4) is 0 Å². The molecule has 0 aliphatic heterocycles. The molecule has 0 aromatic heterocycles. The number of carbonyl (C=O) groups excluding carboxylic acids is 1. The van der Waals surface area contributed by atoms with Gasteiger partial charge in [-0.15, -0.1) is 0 Å².